The van der Waals surface area contributed by atoms with Gasteiger partial charge in [-0.2, -0.15) is 0 Å². The highest BCUT2D eigenvalue weighted by Crippen LogP contribution is 2.29. The van der Waals surface area contributed by atoms with Gasteiger partial charge in [-0.1, -0.05) is 0 Å². The highest BCUT2D eigenvalue weighted by atomic mass is 79.9. The molecule has 3 heterocycles. The number of ether oxygens (including phenoxy) is 1. The van der Waals surface area contributed by atoms with Crippen LogP contribution in [-0.2, 0) is 4.74 Å². The molecule has 5 nitrogen and oxygen atoms in total. The van der Waals surface area contributed by atoms with Gasteiger partial charge < -0.3 is 4.74 Å². The Bertz CT molecular complexity index is 548. The van der Waals surface area contributed by atoms with Gasteiger partial charge in [0.15, 0.2) is 5.65 Å². The lowest BCUT2D eigenvalue weighted by Gasteiger charge is -2.24. The van der Waals surface area contributed by atoms with Crippen molar-refractivity contribution in [3.05, 3.63) is 16.8 Å². The Morgan fingerprint density at radius 2 is 2.29 bits per heavy atom. The van der Waals surface area contributed by atoms with Gasteiger partial charge in [0.05, 0.1) is 0 Å². The molecule has 2 aromatic rings. The van der Waals surface area contributed by atoms with Crippen molar-refractivity contribution in [2.75, 3.05) is 6.61 Å². The Morgan fingerprint density at radius 3 is 3.06 bits per heavy atom. The van der Waals surface area contributed by atoms with Crippen molar-refractivity contribution in [3.8, 4) is 0 Å². The number of hydrogen-bond donors (Lipinski definition) is 0. The highest BCUT2D eigenvalue weighted by Gasteiger charge is 2.22. The van der Waals surface area contributed by atoms with Crippen LogP contribution >= 0.6 is 15.9 Å². The van der Waals surface area contributed by atoms with Gasteiger partial charge in [0.25, 0.3) is 0 Å². The van der Waals surface area contributed by atoms with Gasteiger partial charge in [0.2, 0.25) is 0 Å². The molecule has 1 aliphatic rings. The van der Waals surface area contributed by atoms with Crippen molar-refractivity contribution in [2.24, 2.45) is 0 Å². The summed E-state index contributed by atoms with van der Waals surface area (Å²) < 4.78 is 8.61. The van der Waals surface area contributed by atoms with Gasteiger partial charge in [-0.15, -0.1) is 0 Å². The lowest BCUT2D eigenvalue weighted by atomic mass is 10.2. The van der Waals surface area contributed by atoms with Crippen LogP contribution in [0.3, 0.4) is 0 Å². The van der Waals surface area contributed by atoms with Gasteiger partial charge in [-0.05, 0) is 42.1 Å². The zero-order valence-corrected chi connectivity index (χ0v) is 11.1. The maximum Gasteiger partial charge on any atom is 0.166 e. The summed E-state index contributed by atoms with van der Waals surface area (Å²) >= 11 is 3.40. The van der Waals surface area contributed by atoms with Gasteiger partial charge in [0.1, 0.15) is 28.5 Å². The number of aromatic nitrogens is 4. The summed E-state index contributed by atoms with van der Waals surface area (Å²) in [6.07, 6.45) is 4.97. The van der Waals surface area contributed by atoms with E-state index in [-0.39, 0.29) is 6.23 Å². The van der Waals surface area contributed by atoms with Crippen LogP contribution in [0.2, 0.25) is 0 Å². The molecule has 1 saturated heterocycles. The highest BCUT2D eigenvalue weighted by molar-refractivity contribution is 9.10. The Kier molecular flexibility index (Phi) is 2.84. The number of aryl methyl sites for hydroxylation is 1. The Labute approximate surface area is 107 Å². The standard InChI is InChI=1S/C11H13BrN4O/c1-7-15-9-10(12)13-6-14-11(9)16(7)8-4-2-3-5-17-8/h6,8H,2-5H2,1H3. The van der Waals surface area contributed by atoms with E-state index in [4.69, 9.17) is 4.74 Å². The fourth-order valence-corrected chi connectivity index (χ4v) is 2.62. The normalized spacial score (nSPS) is 20.9. The molecule has 0 bridgehead atoms. The average molecular weight is 297 g/mol. The van der Waals surface area contributed by atoms with Crippen LogP contribution in [0, 0.1) is 6.92 Å². The molecule has 0 aliphatic carbocycles. The largest absolute Gasteiger partial charge is 0.358 e. The molecular weight excluding hydrogens is 284 g/mol. The van der Waals surface area contributed by atoms with Crippen molar-refractivity contribution >= 4 is 27.1 Å². The number of hydrogen-bond acceptors (Lipinski definition) is 4. The molecule has 3 rings (SSSR count). The van der Waals surface area contributed by atoms with Crippen molar-refractivity contribution < 1.29 is 4.74 Å². The third-order valence-corrected chi connectivity index (χ3v) is 3.63. The summed E-state index contributed by atoms with van der Waals surface area (Å²) in [5.74, 6) is 0.924. The third-order valence-electron chi connectivity index (χ3n) is 3.05. The first-order valence-electron chi connectivity index (χ1n) is 5.74. The number of nitrogens with zero attached hydrogens (tertiary/aromatic N) is 4. The summed E-state index contributed by atoms with van der Waals surface area (Å²) in [5, 5.41) is 0. The fourth-order valence-electron chi connectivity index (χ4n) is 2.26. The van der Waals surface area contributed by atoms with Gasteiger partial charge in [-0.25, -0.2) is 15.0 Å². The van der Waals surface area contributed by atoms with Gasteiger partial charge in [-0.3, -0.25) is 4.57 Å². The van der Waals surface area contributed by atoms with E-state index in [2.05, 4.69) is 35.4 Å². The van der Waals surface area contributed by atoms with Crippen LogP contribution < -0.4 is 0 Å². The predicted molar refractivity (Wildman–Crippen MR) is 66.6 cm³/mol. The van der Waals surface area contributed by atoms with Crippen LogP contribution in [0.1, 0.15) is 31.3 Å². The molecule has 1 unspecified atom stereocenters. The van der Waals surface area contributed by atoms with Crippen molar-refractivity contribution in [2.45, 2.75) is 32.4 Å². The third kappa shape index (κ3) is 1.85. The molecule has 0 aromatic carbocycles. The minimum atomic E-state index is 0.0653. The summed E-state index contributed by atoms with van der Waals surface area (Å²) in [5.41, 5.74) is 1.65. The van der Waals surface area contributed by atoms with Crippen LogP contribution in [0.25, 0.3) is 11.2 Å². The van der Waals surface area contributed by atoms with E-state index < -0.39 is 0 Å². The zero-order valence-electron chi connectivity index (χ0n) is 9.56. The topological polar surface area (TPSA) is 52.8 Å². The molecule has 17 heavy (non-hydrogen) atoms. The molecular formula is C11H13BrN4O. The summed E-state index contributed by atoms with van der Waals surface area (Å²) in [6, 6.07) is 0. The van der Waals surface area contributed by atoms with E-state index in [0.717, 1.165) is 41.0 Å². The lowest BCUT2D eigenvalue weighted by Crippen LogP contribution is -2.19. The monoisotopic (exact) mass is 296 g/mol. The molecule has 0 spiro atoms. The minimum absolute atomic E-state index is 0.0653. The predicted octanol–water partition coefficient (Wildman–Crippen LogP) is 2.60. The summed E-state index contributed by atoms with van der Waals surface area (Å²) in [6.45, 7) is 2.79. The Morgan fingerprint density at radius 1 is 1.41 bits per heavy atom. The van der Waals surface area contributed by atoms with E-state index in [1.54, 1.807) is 6.33 Å². The van der Waals surface area contributed by atoms with Crippen molar-refractivity contribution in [3.63, 3.8) is 0 Å². The van der Waals surface area contributed by atoms with Gasteiger partial charge >= 0.3 is 0 Å². The van der Waals surface area contributed by atoms with Gasteiger partial charge in [0, 0.05) is 6.61 Å². The smallest absolute Gasteiger partial charge is 0.166 e. The maximum absolute atomic E-state index is 5.80. The second-order valence-electron chi connectivity index (χ2n) is 4.19. The van der Waals surface area contributed by atoms with Crippen LogP contribution in [-0.4, -0.2) is 26.1 Å². The average Bonchev–Trinajstić information content (AvgIpc) is 2.68. The van der Waals surface area contributed by atoms with Crippen molar-refractivity contribution in [1.29, 1.82) is 0 Å². The molecule has 2 aromatic heterocycles. The Hall–Kier alpha value is -1.01. The van der Waals surface area contributed by atoms with E-state index in [1.807, 2.05) is 6.92 Å². The zero-order chi connectivity index (χ0) is 11.8. The SMILES string of the molecule is Cc1nc2c(Br)ncnc2n1C1CCCCO1. The van der Waals surface area contributed by atoms with E-state index >= 15 is 0 Å². The van der Waals surface area contributed by atoms with E-state index in [0.29, 0.717) is 0 Å². The first-order valence-corrected chi connectivity index (χ1v) is 6.53. The molecule has 1 atom stereocenters. The molecule has 0 N–H and O–H groups in total. The Balaban J connectivity index is 2.14. The number of rotatable bonds is 1. The molecule has 1 aliphatic heterocycles. The molecule has 0 saturated carbocycles. The van der Waals surface area contributed by atoms with E-state index in [1.165, 1.54) is 6.42 Å². The molecule has 1 fully saturated rings. The fraction of sp³-hybridized carbons (Fsp3) is 0.545. The number of halogens is 1. The second-order valence-corrected chi connectivity index (χ2v) is 4.94. The lowest BCUT2D eigenvalue weighted by molar-refractivity contribution is -0.0309. The van der Waals surface area contributed by atoms with Crippen molar-refractivity contribution in [1.82, 2.24) is 19.5 Å². The maximum atomic E-state index is 5.80. The molecule has 0 amide bonds. The van der Waals surface area contributed by atoms with Crippen LogP contribution in [0.5, 0.6) is 0 Å². The quantitative estimate of drug-likeness (QED) is 0.759. The second kappa shape index (κ2) is 4.34. The van der Waals surface area contributed by atoms with E-state index in [9.17, 15) is 0 Å². The number of imidazole rings is 1. The van der Waals surface area contributed by atoms with Crippen LogP contribution in [0.4, 0.5) is 0 Å². The van der Waals surface area contributed by atoms with Crippen LogP contribution in [0.15, 0.2) is 10.9 Å². The molecule has 6 heteroatoms. The molecule has 90 valence electrons. The first kappa shape index (κ1) is 11.1. The molecule has 0 radical (unpaired) electrons. The summed E-state index contributed by atoms with van der Waals surface area (Å²) in [4.78, 5) is 12.9. The summed E-state index contributed by atoms with van der Waals surface area (Å²) in [7, 11) is 0. The minimum Gasteiger partial charge on any atom is -0.358 e. The number of fused-ring (bicyclic) bond motifs is 1. The first-order chi connectivity index (χ1) is 8.27.